The van der Waals surface area contributed by atoms with Gasteiger partial charge in [0.15, 0.2) is 0 Å². The van der Waals surface area contributed by atoms with Crippen LogP contribution >= 0.6 is 0 Å². The summed E-state index contributed by atoms with van der Waals surface area (Å²) >= 11 is 1.27. The first kappa shape index (κ1) is 33.6. The number of benzene rings is 4. The number of rotatable bonds is 2. The Morgan fingerprint density at radius 1 is 0.525 bits per heavy atom. The summed E-state index contributed by atoms with van der Waals surface area (Å²) in [7, 11) is 0. The molecule has 0 aliphatic heterocycles. The third-order valence-electron chi connectivity index (χ3n) is 6.42. The van der Waals surface area contributed by atoms with Gasteiger partial charge in [0.1, 0.15) is 0 Å². The van der Waals surface area contributed by atoms with Crippen molar-refractivity contribution in [2.75, 3.05) is 0 Å². The van der Waals surface area contributed by atoms with Crippen LogP contribution in [0.3, 0.4) is 0 Å². The van der Waals surface area contributed by atoms with E-state index in [1.165, 1.54) is 89.9 Å². The van der Waals surface area contributed by atoms with Gasteiger partial charge in [-0.25, -0.2) is 0 Å². The van der Waals surface area contributed by atoms with Crippen LogP contribution in [0.15, 0.2) is 109 Å². The Balaban J connectivity index is 0.000000237. The van der Waals surface area contributed by atoms with Crippen LogP contribution in [0.25, 0.3) is 43.8 Å². The molecule has 0 radical (unpaired) electrons. The van der Waals surface area contributed by atoms with Crippen LogP contribution in [0.1, 0.15) is 36.1 Å². The first-order valence-corrected chi connectivity index (χ1v) is 15.0. The molecule has 0 amide bonds. The van der Waals surface area contributed by atoms with Crippen LogP contribution < -0.4 is 24.8 Å². The molecule has 204 valence electrons. The quantitative estimate of drug-likeness (QED) is 0.183. The summed E-state index contributed by atoms with van der Waals surface area (Å²) in [5.74, 6) is 0. The average molecular weight is 730 g/mol. The van der Waals surface area contributed by atoms with Crippen molar-refractivity contribution in [2.24, 2.45) is 0 Å². The van der Waals surface area contributed by atoms with Gasteiger partial charge in [0.2, 0.25) is 0 Å². The van der Waals surface area contributed by atoms with E-state index < -0.39 is 0 Å². The molecule has 0 aliphatic rings. The standard InChI is InChI=1S/2C17H15.C3H6.2ClH.Hf/c2*1-12-9-13(2)11-15(10-12)17-8-4-6-14-5-3-7-16(14)17;1-3-2;;;/h2*3-11H,1-2H3;1-2H3;2*1H;/q2*-1;;;;+2/p-2. The molecule has 0 bridgehead atoms. The number of halogens is 2. The van der Waals surface area contributed by atoms with E-state index in [0.717, 1.165) is 0 Å². The van der Waals surface area contributed by atoms with E-state index in [0.29, 0.717) is 0 Å². The minimum atomic E-state index is 0. The molecule has 0 saturated heterocycles. The van der Waals surface area contributed by atoms with E-state index in [-0.39, 0.29) is 24.8 Å². The van der Waals surface area contributed by atoms with E-state index in [9.17, 15) is 0 Å². The zero-order valence-corrected chi connectivity index (χ0v) is 29.3. The Kier molecular flexibility index (Phi) is 13.0. The molecular formula is C37H36Cl2Hf-2. The second-order valence-corrected chi connectivity index (χ2v) is 14.0. The van der Waals surface area contributed by atoms with E-state index in [1.807, 2.05) is 0 Å². The number of hydrogen-bond acceptors (Lipinski definition) is 0. The summed E-state index contributed by atoms with van der Waals surface area (Å²) in [6.07, 6.45) is 0. The van der Waals surface area contributed by atoms with Crippen molar-refractivity contribution in [3.63, 3.8) is 0 Å². The minimum Gasteiger partial charge on any atom is -1.00 e. The fourth-order valence-electron chi connectivity index (χ4n) is 5.09. The predicted molar refractivity (Wildman–Crippen MR) is 165 cm³/mol. The molecule has 0 aliphatic carbocycles. The second-order valence-electron chi connectivity index (χ2n) is 10.4. The Hall–Kier alpha value is -2.58. The molecule has 6 rings (SSSR count). The fourth-order valence-corrected chi connectivity index (χ4v) is 5.09. The number of hydrogen-bond donors (Lipinski definition) is 0. The van der Waals surface area contributed by atoms with Gasteiger partial charge < -0.3 is 24.8 Å². The normalized spacial score (nSPS) is 10.0. The van der Waals surface area contributed by atoms with Gasteiger partial charge in [-0.05, 0) is 38.8 Å². The Morgan fingerprint density at radius 3 is 1.18 bits per heavy atom. The van der Waals surface area contributed by atoms with Gasteiger partial charge in [0.25, 0.3) is 0 Å². The van der Waals surface area contributed by atoms with Gasteiger partial charge >= 0.3 is 41.0 Å². The molecule has 0 heterocycles. The molecular weight excluding hydrogens is 694 g/mol. The molecule has 0 atom stereocenters. The van der Waals surface area contributed by atoms with Gasteiger partial charge in [0, 0.05) is 0 Å². The van der Waals surface area contributed by atoms with Crippen LogP contribution in [0.2, 0.25) is 0 Å². The fraction of sp³-hybridized carbons (Fsp3) is 0.162. The summed E-state index contributed by atoms with van der Waals surface area (Å²) in [6, 6.07) is 39.5. The van der Waals surface area contributed by atoms with Crippen molar-refractivity contribution in [1.82, 2.24) is 0 Å². The molecule has 6 aromatic carbocycles. The van der Waals surface area contributed by atoms with E-state index in [4.69, 9.17) is 0 Å². The van der Waals surface area contributed by atoms with E-state index in [2.05, 4.69) is 151 Å². The zero-order valence-electron chi connectivity index (χ0n) is 24.1. The molecule has 0 unspecified atom stereocenters. The van der Waals surface area contributed by atoms with E-state index >= 15 is 0 Å². The molecule has 0 N–H and O–H groups in total. The molecule has 0 aromatic heterocycles. The molecule has 3 heteroatoms. The van der Waals surface area contributed by atoms with Crippen molar-refractivity contribution < 1.29 is 48.7 Å². The largest absolute Gasteiger partial charge is 1.00 e. The molecule has 0 spiro atoms. The maximum atomic E-state index is 2.26. The maximum absolute atomic E-state index is 2.26. The van der Waals surface area contributed by atoms with Gasteiger partial charge in [-0.3, -0.25) is 0 Å². The summed E-state index contributed by atoms with van der Waals surface area (Å²) in [5, 5.41) is 5.33. The smallest absolute Gasteiger partial charge is 0.0274 e. The average Bonchev–Trinajstić information content (AvgIpc) is 3.52. The van der Waals surface area contributed by atoms with Crippen molar-refractivity contribution >= 4 is 24.8 Å². The third-order valence-corrected chi connectivity index (χ3v) is 6.42. The SMILES string of the molecule is C[C](C)=[Hf+2].Cc1cc(C)cc(-c2cccc3[cH-]ccc23)c1.Cc1cc(C)cc(-c2cccc3[cH-]ccc23)c1.[Cl-].[Cl-]. The van der Waals surface area contributed by atoms with Gasteiger partial charge in [-0.15, -0.1) is 57.9 Å². The summed E-state index contributed by atoms with van der Waals surface area (Å²) in [4.78, 5) is 0. The van der Waals surface area contributed by atoms with Gasteiger partial charge in [0.05, 0.1) is 0 Å². The summed E-state index contributed by atoms with van der Waals surface area (Å²) in [5.41, 5.74) is 10.6. The van der Waals surface area contributed by atoms with Crippen molar-refractivity contribution in [1.29, 1.82) is 0 Å². The van der Waals surface area contributed by atoms with E-state index in [1.54, 1.807) is 3.26 Å². The Morgan fingerprint density at radius 2 is 0.850 bits per heavy atom. The maximum Gasteiger partial charge on any atom is -0.0274 e. The van der Waals surface area contributed by atoms with Crippen molar-refractivity contribution in [3.05, 3.63) is 131 Å². The van der Waals surface area contributed by atoms with Gasteiger partial charge in [-0.2, -0.15) is 24.3 Å². The summed E-state index contributed by atoms with van der Waals surface area (Å²) < 4.78 is 1.56. The molecule has 40 heavy (non-hydrogen) atoms. The molecule has 0 fully saturated rings. The predicted octanol–water partition coefficient (Wildman–Crippen LogP) is 4.44. The van der Waals surface area contributed by atoms with Crippen molar-refractivity contribution in [2.45, 2.75) is 41.5 Å². The van der Waals surface area contributed by atoms with Crippen LogP contribution in [0, 0.1) is 27.7 Å². The first-order chi connectivity index (χ1) is 18.2. The monoisotopic (exact) mass is 730 g/mol. The van der Waals surface area contributed by atoms with Crippen LogP contribution in [-0.2, 0) is 23.9 Å². The Labute approximate surface area is 267 Å². The molecule has 6 aromatic rings. The molecule has 0 saturated carbocycles. The zero-order chi connectivity index (χ0) is 27.2. The Bertz CT molecular complexity index is 1530. The number of fused-ring (bicyclic) bond motifs is 2. The first-order valence-electron chi connectivity index (χ1n) is 13.2. The van der Waals surface area contributed by atoms with Crippen LogP contribution in [-0.4, -0.2) is 3.26 Å². The third kappa shape index (κ3) is 8.71. The number of aryl methyl sites for hydroxylation is 4. The topological polar surface area (TPSA) is 0 Å². The summed E-state index contributed by atoms with van der Waals surface area (Å²) in [6.45, 7) is 12.9. The van der Waals surface area contributed by atoms with Crippen molar-refractivity contribution in [3.8, 4) is 22.3 Å². The van der Waals surface area contributed by atoms with Crippen LogP contribution in [0.5, 0.6) is 0 Å². The second kappa shape index (κ2) is 15.4. The minimum absolute atomic E-state index is 0. The van der Waals surface area contributed by atoms with Crippen LogP contribution in [0.4, 0.5) is 0 Å². The molecule has 0 nitrogen and oxygen atoms in total. The van der Waals surface area contributed by atoms with Gasteiger partial charge in [-0.1, -0.05) is 81.9 Å².